The van der Waals surface area contributed by atoms with Crippen molar-refractivity contribution in [3.8, 4) is 5.75 Å². The Bertz CT molecular complexity index is 824. The van der Waals surface area contributed by atoms with E-state index in [0.29, 0.717) is 24.6 Å². The van der Waals surface area contributed by atoms with E-state index in [1.807, 2.05) is 48.5 Å². The summed E-state index contributed by atoms with van der Waals surface area (Å²) in [5.41, 5.74) is 2.30. The van der Waals surface area contributed by atoms with Crippen molar-refractivity contribution >= 4 is 27.7 Å². The average molecular weight is 461 g/mol. The van der Waals surface area contributed by atoms with Gasteiger partial charge in [-0.1, -0.05) is 50.2 Å². The Morgan fingerprint density at radius 1 is 1.10 bits per heavy atom. The average Bonchev–Trinajstić information content (AvgIpc) is 2.72. The van der Waals surface area contributed by atoms with E-state index in [9.17, 15) is 9.59 Å². The Morgan fingerprint density at radius 3 is 2.38 bits per heavy atom. The number of ether oxygens (including phenoxy) is 1. The second kappa shape index (κ2) is 11.0. The predicted octanol–water partition coefficient (Wildman–Crippen LogP) is 4.16. The normalized spacial score (nSPS) is 11.8. The highest BCUT2D eigenvalue weighted by atomic mass is 79.9. The van der Waals surface area contributed by atoms with Crippen molar-refractivity contribution in [1.29, 1.82) is 0 Å². The van der Waals surface area contributed by atoms with Crippen molar-refractivity contribution in [2.24, 2.45) is 0 Å². The number of amides is 2. The van der Waals surface area contributed by atoms with Crippen LogP contribution in [0.2, 0.25) is 0 Å². The number of benzene rings is 2. The van der Waals surface area contributed by atoms with Crippen LogP contribution in [0.15, 0.2) is 53.0 Å². The van der Waals surface area contributed by atoms with Crippen LogP contribution in [0.5, 0.6) is 5.75 Å². The van der Waals surface area contributed by atoms with Gasteiger partial charge >= 0.3 is 0 Å². The summed E-state index contributed by atoms with van der Waals surface area (Å²) < 4.78 is 6.57. The van der Waals surface area contributed by atoms with Gasteiger partial charge < -0.3 is 15.0 Å². The van der Waals surface area contributed by atoms with Crippen molar-refractivity contribution in [1.82, 2.24) is 10.2 Å². The molecule has 0 bridgehead atoms. The van der Waals surface area contributed by atoms with Gasteiger partial charge in [-0.2, -0.15) is 0 Å². The minimum absolute atomic E-state index is 0.129. The van der Waals surface area contributed by atoms with Gasteiger partial charge in [0.1, 0.15) is 11.8 Å². The second-order valence-electron chi connectivity index (χ2n) is 7.25. The van der Waals surface area contributed by atoms with Crippen molar-refractivity contribution in [2.45, 2.75) is 39.2 Å². The van der Waals surface area contributed by atoms with Gasteiger partial charge in [0.15, 0.2) is 6.61 Å². The fraction of sp³-hybridized carbons (Fsp3) is 0.391. The number of hydrogen-bond acceptors (Lipinski definition) is 3. The molecule has 0 aliphatic carbocycles. The Morgan fingerprint density at radius 2 is 1.79 bits per heavy atom. The molecule has 0 aromatic heterocycles. The minimum atomic E-state index is -0.577. The van der Waals surface area contributed by atoms with Crippen molar-refractivity contribution in [3.63, 3.8) is 0 Å². The molecule has 0 heterocycles. The standard InChI is InChI=1S/C23H29BrN2O3/c1-16(2)19-10-11-21(20(24)14-19)29-15-22(27)26(17(3)23(28)25-4)13-12-18-8-6-5-7-9-18/h5-11,14,16-17H,12-13,15H2,1-4H3,(H,25,28)/t17-/m0/s1. The molecule has 0 fully saturated rings. The van der Waals surface area contributed by atoms with Gasteiger partial charge in [-0.25, -0.2) is 0 Å². The number of likely N-dealkylation sites (N-methyl/N-ethyl adjacent to an activating group) is 1. The molecule has 0 spiro atoms. The SMILES string of the molecule is CNC(=O)[C@H](C)N(CCc1ccccc1)C(=O)COc1ccc(C(C)C)cc1Br. The lowest BCUT2D eigenvalue weighted by molar-refractivity contribution is -0.141. The first-order valence-corrected chi connectivity index (χ1v) is 10.6. The van der Waals surface area contributed by atoms with Gasteiger partial charge in [0.2, 0.25) is 5.91 Å². The smallest absolute Gasteiger partial charge is 0.261 e. The van der Waals surface area contributed by atoms with E-state index in [1.54, 1.807) is 18.9 Å². The third kappa shape index (κ3) is 6.60. The number of rotatable bonds is 9. The molecule has 1 N–H and O–H groups in total. The van der Waals surface area contributed by atoms with Crippen LogP contribution in [0.4, 0.5) is 0 Å². The fourth-order valence-corrected chi connectivity index (χ4v) is 3.51. The first-order chi connectivity index (χ1) is 13.8. The molecule has 156 valence electrons. The Balaban J connectivity index is 2.07. The van der Waals surface area contributed by atoms with Crippen LogP contribution in [0.1, 0.15) is 37.8 Å². The van der Waals surface area contributed by atoms with Crippen molar-refractivity contribution in [3.05, 3.63) is 64.1 Å². The van der Waals surface area contributed by atoms with E-state index in [1.165, 1.54) is 5.56 Å². The highest BCUT2D eigenvalue weighted by molar-refractivity contribution is 9.10. The van der Waals surface area contributed by atoms with Crippen LogP contribution in [0.25, 0.3) is 0 Å². The summed E-state index contributed by atoms with van der Waals surface area (Å²) in [5, 5.41) is 2.62. The molecule has 0 radical (unpaired) electrons. The molecule has 5 nitrogen and oxygen atoms in total. The maximum Gasteiger partial charge on any atom is 0.261 e. The van der Waals surface area contributed by atoms with E-state index in [-0.39, 0.29) is 18.4 Å². The number of hydrogen-bond donors (Lipinski definition) is 1. The zero-order chi connectivity index (χ0) is 21.4. The molecular weight excluding hydrogens is 432 g/mol. The zero-order valence-electron chi connectivity index (χ0n) is 17.4. The number of nitrogens with zero attached hydrogens (tertiary/aromatic N) is 1. The van der Waals surface area contributed by atoms with Gasteiger partial charge in [-0.3, -0.25) is 9.59 Å². The number of nitrogens with one attached hydrogen (secondary N) is 1. The molecule has 0 unspecified atom stereocenters. The molecular formula is C23H29BrN2O3. The molecule has 0 saturated heterocycles. The third-order valence-corrected chi connectivity index (χ3v) is 5.49. The van der Waals surface area contributed by atoms with E-state index >= 15 is 0 Å². The molecule has 1 atom stereocenters. The highest BCUT2D eigenvalue weighted by Crippen LogP contribution is 2.29. The van der Waals surface area contributed by atoms with Crippen LogP contribution < -0.4 is 10.1 Å². The van der Waals surface area contributed by atoms with Crippen LogP contribution >= 0.6 is 15.9 Å². The summed E-state index contributed by atoms with van der Waals surface area (Å²) >= 11 is 3.51. The summed E-state index contributed by atoms with van der Waals surface area (Å²) in [4.78, 5) is 26.6. The van der Waals surface area contributed by atoms with Gasteiger partial charge in [-0.05, 0) is 58.5 Å². The van der Waals surface area contributed by atoms with Gasteiger partial charge in [-0.15, -0.1) is 0 Å². The zero-order valence-corrected chi connectivity index (χ0v) is 19.0. The lowest BCUT2D eigenvalue weighted by atomic mass is 10.0. The van der Waals surface area contributed by atoms with Crippen LogP contribution in [-0.2, 0) is 16.0 Å². The van der Waals surface area contributed by atoms with Crippen LogP contribution in [0, 0.1) is 0 Å². The van der Waals surface area contributed by atoms with E-state index in [2.05, 4.69) is 35.1 Å². The maximum atomic E-state index is 12.9. The first-order valence-electron chi connectivity index (χ1n) is 9.80. The topological polar surface area (TPSA) is 58.6 Å². The largest absolute Gasteiger partial charge is 0.483 e. The fourth-order valence-electron chi connectivity index (χ4n) is 2.99. The molecule has 2 rings (SSSR count). The predicted molar refractivity (Wildman–Crippen MR) is 119 cm³/mol. The summed E-state index contributed by atoms with van der Waals surface area (Å²) in [6.07, 6.45) is 0.667. The lowest BCUT2D eigenvalue weighted by Crippen LogP contribution is -2.49. The number of carbonyl (C=O) groups excluding carboxylic acids is 2. The first kappa shape index (κ1) is 22.9. The summed E-state index contributed by atoms with van der Waals surface area (Å²) in [6, 6.07) is 15.2. The third-order valence-electron chi connectivity index (χ3n) is 4.87. The molecule has 29 heavy (non-hydrogen) atoms. The van der Waals surface area contributed by atoms with Crippen molar-refractivity contribution < 1.29 is 14.3 Å². The lowest BCUT2D eigenvalue weighted by Gasteiger charge is -2.28. The summed E-state index contributed by atoms with van der Waals surface area (Å²) in [7, 11) is 1.57. The van der Waals surface area contributed by atoms with Crippen LogP contribution in [0.3, 0.4) is 0 Å². The van der Waals surface area contributed by atoms with Crippen LogP contribution in [-0.4, -0.2) is 43.0 Å². The maximum absolute atomic E-state index is 12.9. The number of halogens is 1. The van der Waals surface area contributed by atoms with Gasteiger partial charge in [0.05, 0.1) is 4.47 Å². The Hall–Kier alpha value is -2.34. The molecule has 0 aliphatic rings. The van der Waals surface area contributed by atoms with Gasteiger partial charge in [0.25, 0.3) is 5.91 Å². The minimum Gasteiger partial charge on any atom is -0.483 e. The van der Waals surface area contributed by atoms with Gasteiger partial charge in [0, 0.05) is 13.6 Å². The Labute approximate surface area is 181 Å². The van der Waals surface area contributed by atoms with E-state index in [0.717, 1.165) is 10.0 Å². The van der Waals surface area contributed by atoms with E-state index in [4.69, 9.17) is 4.74 Å². The monoisotopic (exact) mass is 460 g/mol. The summed E-state index contributed by atoms with van der Waals surface area (Å²) in [5.74, 6) is 0.591. The molecule has 0 aliphatic heterocycles. The molecule has 2 amide bonds. The number of carbonyl (C=O) groups is 2. The molecule has 2 aromatic carbocycles. The second-order valence-corrected chi connectivity index (χ2v) is 8.10. The van der Waals surface area contributed by atoms with E-state index < -0.39 is 6.04 Å². The highest BCUT2D eigenvalue weighted by Gasteiger charge is 2.25. The molecule has 0 saturated carbocycles. The quantitative estimate of drug-likeness (QED) is 0.610. The molecule has 2 aromatic rings. The summed E-state index contributed by atoms with van der Waals surface area (Å²) in [6.45, 7) is 6.28. The Kier molecular flexibility index (Phi) is 8.70. The molecule has 6 heteroatoms. The van der Waals surface area contributed by atoms with Crippen molar-refractivity contribution in [2.75, 3.05) is 20.2 Å².